The van der Waals surface area contributed by atoms with E-state index in [-0.39, 0.29) is 6.79 Å². The fourth-order valence-electron chi connectivity index (χ4n) is 2.02. The van der Waals surface area contributed by atoms with Gasteiger partial charge in [-0.15, -0.1) is 0 Å². The Morgan fingerprint density at radius 1 is 1.25 bits per heavy atom. The van der Waals surface area contributed by atoms with Gasteiger partial charge in [-0.2, -0.15) is 0 Å². The lowest BCUT2D eigenvalue weighted by Gasteiger charge is -2.28. The third kappa shape index (κ3) is 4.35. The fraction of sp³-hybridized carbons (Fsp3) is 0.846. The Balaban J connectivity index is 2.79. The van der Waals surface area contributed by atoms with Gasteiger partial charge in [0.1, 0.15) is 12.4 Å². The number of carbonyl (C=O) groups is 2. The second-order valence-electron chi connectivity index (χ2n) is 5.54. The lowest BCUT2D eigenvalue weighted by atomic mass is 10.1. The number of hydrogen-bond acceptors (Lipinski definition) is 6. The second kappa shape index (κ2) is 6.90. The molecule has 1 rings (SSSR count). The molecule has 2 atom stereocenters. The average molecular weight is 289 g/mol. The molecule has 0 radical (unpaired) electrons. The Morgan fingerprint density at radius 2 is 1.90 bits per heavy atom. The Hall–Kier alpha value is -1.34. The highest BCUT2D eigenvalue weighted by Crippen LogP contribution is 2.24. The zero-order chi connectivity index (χ0) is 15.3. The first-order valence-electron chi connectivity index (χ1n) is 6.48. The SMILES string of the molecule is COCO[C@H]1CCN(C(=O)OC(C)(C)C)[C@H]1C(=O)OC. The van der Waals surface area contributed by atoms with Gasteiger partial charge in [-0.05, 0) is 27.2 Å². The van der Waals surface area contributed by atoms with Crippen molar-refractivity contribution in [2.45, 2.75) is 44.9 Å². The molecule has 0 aromatic rings. The van der Waals surface area contributed by atoms with Crippen LogP contribution in [0.3, 0.4) is 0 Å². The number of ether oxygens (including phenoxy) is 4. The maximum Gasteiger partial charge on any atom is 0.411 e. The smallest absolute Gasteiger partial charge is 0.411 e. The minimum absolute atomic E-state index is 0.0559. The summed E-state index contributed by atoms with van der Waals surface area (Å²) in [6.07, 6.45) is -0.464. The normalized spacial score (nSPS) is 22.8. The van der Waals surface area contributed by atoms with Gasteiger partial charge < -0.3 is 18.9 Å². The summed E-state index contributed by atoms with van der Waals surface area (Å²) >= 11 is 0. The van der Waals surface area contributed by atoms with Crippen LogP contribution >= 0.6 is 0 Å². The molecule has 1 aliphatic heterocycles. The van der Waals surface area contributed by atoms with E-state index < -0.39 is 29.8 Å². The average Bonchev–Trinajstić information content (AvgIpc) is 2.77. The van der Waals surface area contributed by atoms with Gasteiger partial charge in [0.25, 0.3) is 0 Å². The van der Waals surface area contributed by atoms with Crippen molar-refractivity contribution in [1.29, 1.82) is 0 Å². The van der Waals surface area contributed by atoms with Crippen LogP contribution in [0.1, 0.15) is 27.2 Å². The fourth-order valence-corrected chi connectivity index (χ4v) is 2.02. The third-order valence-corrected chi connectivity index (χ3v) is 2.81. The van der Waals surface area contributed by atoms with Gasteiger partial charge in [0.2, 0.25) is 0 Å². The number of rotatable bonds is 4. The van der Waals surface area contributed by atoms with Gasteiger partial charge >= 0.3 is 12.1 Å². The number of nitrogens with zero attached hydrogens (tertiary/aromatic N) is 1. The molecule has 0 N–H and O–H groups in total. The maximum atomic E-state index is 12.1. The molecule has 1 aliphatic rings. The van der Waals surface area contributed by atoms with Crippen LogP contribution < -0.4 is 0 Å². The first-order valence-corrected chi connectivity index (χ1v) is 6.48. The highest BCUT2D eigenvalue weighted by Gasteiger charge is 2.45. The lowest BCUT2D eigenvalue weighted by molar-refractivity contribution is -0.153. The monoisotopic (exact) mass is 289 g/mol. The molecule has 7 heteroatoms. The molecule has 0 spiro atoms. The molecule has 7 nitrogen and oxygen atoms in total. The van der Waals surface area contributed by atoms with E-state index in [0.717, 1.165) is 0 Å². The number of methoxy groups -OCH3 is 2. The van der Waals surface area contributed by atoms with Gasteiger partial charge in [0.15, 0.2) is 6.04 Å². The summed E-state index contributed by atoms with van der Waals surface area (Å²) in [4.78, 5) is 25.3. The van der Waals surface area contributed by atoms with E-state index in [0.29, 0.717) is 13.0 Å². The number of likely N-dealkylation sites (tertiary alicyclic amines) is 1. The van der Waals surface area contributed by atoms with Crippen molar-refractivity contribution in [3.63, 3.8) is 0 Å². The zero-order valence-electron chi connectivity index (χ0n) is 12.7. The first-order chi connectivity index (χ1) is 9.30. The number of hydrogen-bond donors (Lipinski definition) is 0. The Labute approximate surface area is 119 Å². The van der Waals surface area contributed by atoms with Crippen LogP contribution in [0.4, 0.5) is 4.79 Å². The minimum Gasteiger partial charge on any atom is -0.467 e. The molecule has 1 saturated heterocycles. The van der Waals surface area contributed by atoms with Gasteiger partial charge in [-0.1, -0.05) is 0 Å². The predicted molar refractivity (Wildman–Crippen MR) is 70.1 cm³/mol. The van der Waals surface area contributed by atoms with E-state index >= 15 is 0 Å². The van der Waals surface area contributed by atoms with Crippen molar-refractivity contribution in [2.24, 2.45) is 0 Å². The van der Waals surface area contributed by atoms with Crippen LogP contribution in [0.15, 0.2) is 0 Å². The molecule has 1 amide bonds. The summed E-state index contributed by atoms with van der Waals surface area (Å²) in [6.45, 7) is 5.75. The number of carbonyl (C=O) groups excluding carboxylic acids is 2. The van der Waals surface area contributed by atoms with E-state index in [1.807, 2.05) is 0 Å². The summed E-state index contributed by atoms with van der Waals surface area (Å²) in [5.41, 5.74) is -0.622. The molecular weight excluding hydrogens is 266 g/mol. The molecule has 20 heavy (non-hydrogen) atoms. The summed E-state index contributed by atoms with van der Waals surface area (Å²) in [5, 5.41) is 0. The molecule has 1 heterocycles. The van der Waals surface area contributed by atoms with Crippen LogP contribution in [-0.4, -0.2) is 62.3 Å². The molecule has 0 saturated carbocycles. The van der Waals surface area contributed by atoms with E-state index in [1.165, 1.54) is 19.1 Å². The second-order valence-corrected chi connectivity index (χ2v) is 5.54. The Kier molecular flexibility index (Phi) is 5.76. The van der Waals surface area contributed by atoms with Gasteiger partial charge in [0, 0.05) is 13.7 Å². The van der Waals surface area contributed by atoms with E-state index in [4.69, 9.17) is 18.9 Å². The van der Waals surface area contributed by atoms with Crippen molar-refractivity contribution in [3.8, 4) is 0 Å². The molecule has 0 unspecified atom stereocenters. The summed E-state index contributed by atoms with van der Waals surface area (Å²) in [6, 6.07) is -0.801. The molecule has 1 fully saturated rings. The summed E-state index contributed by atoms with van der Waals surface area (Å²) in [5.74, 6) is -0.519. The Morgan fingerprint density at radius 3 is 2.40 bits per heavy atom. The number of amides is 1. The highest BCUT2D eigenvalue weighted by molar-refractivity contribution is 5.83. The highest BCUT2D eigenvalue weighted by atomic mass is 16.7. The van der Waals surface area contributed by atoms with Crippen molar-refractivity contribution in [1.82, 2.24) is 4.90 Å². The standard InChI is InChI=1S/C13H23NO6/c1-13(2,3)20-12(16)14-7-6-9(19-8-17-4)10(14)11(15)18-5/h9-10H,6-8H2,1-5H3/t9-,10+/m0/s1. The first kappa shape index (κ1) is 16.7. The molecule has 0 bridgehead atoms. The zero-order valence-corrected chi connectivity index (χ0v) is 12.7. The molecule has 0 aliphatic carbocycles. The summed E-state index contributed by atoms with van der Waals surface area (Å²) < 4.78 is 20.3. The topological polar surface area (TPSA) is 74.3 Å². The largest absolute Gasteiger partial charge is 0.467 e. The Bertz CT molecular complexity index is 351. The maximum absolute atomic E-state index is 12.1. The van der Waals surface area contributed by atoms with Gasteiger partial charge in [0.05, 0.1) is 13.2 Å². The van der Waals surface area contributed by atoms with Gasteiger partial charge in [-0.25, -0.2) is 9.59 Å². The van der Waals surface area contributed by atoms with Gasteiger partial charge in [-0.3, -0.25) is 4.90 Å². The van der Waals surface area contributed by atoms with E-state index in [9.17, 15) is 9.59 Å². The minimum atomic E-state index is -0.801. The summed E-state index contributed by atoms with van der Waals surface area (Å²) in [7, 11) is 2.77. The quantitative estimate of drug-likeness (QED) is 0.571. The van der Waals surface area contributed by atoms with Crippen LogP contribution in [-0.2, 0) is 23.7 Å². The molecular formula is C13H23NO6. The van der Waals surface area contributed by atoms with E-state index in [2.05, 4.69) is 0 Å². The lowest BCUT2D eigenvalue weighted by Crippen LogP contribution is -2.48. The van der Waals surface area contributed by atoms with Crippen LogP contribution in [0.2, 0.25) is 0 Å². The third-order valence-electron chi connectivity index (χ3n) is 2.81. The van der Waals surface area contributed by atoms with Crippen molar-refractivity contribution in [2.75, 3.05) is 27.6 Å². The van der Waals surface area contributed by atoms with Crippen molar-refractivity contribution >= 4 is 12.1 Å². The van der Waals surface area contributed by atoms with Crippen LogP contribution in [0, 0.1) is 0 Å². The predicted octanol–water partition coefficient (Wildman–Crippen LogP) is 1.16. The van der Waals surface area contributed by atoms with E-state index in [1.54, 1.807) is 20.8 Å². The molecule has 116 valence electrons. The van der Waals surface area contributed by atoms with Crippen LogP contribution in [0.25, 0.3) is 0 Å². The molecule has 0 aromatic heterocycles. The number of esters is 1. The van der Waals surface area contributed by atoms with Crippen molar-refractivity contribution < 1.29 is 28.5 Å². The van der Waals surface area contributed by atoms with Crippen LogP contribution in [0.5, 0.6) is 0 Å². The molecule has 0 aromatic carbocycles. The van der Waals surface area contributed by atoms with Crippen molar-refractivity contribution in [3.05, 3.63) is 0 Å².